The maximum absolute atomic E-state index is 11.5. The number of hydrogen-bond donors (Lipinski definition) is 1. The molecule has 0 saturated carbocycles. The van der Waals surface area contributed by atoms with E-state index in [1.165, 1.54) is 42.7 Å². The van der Waals surface area contributed by atoms with Gasteiger partial charge in [-0.25, -0.2) is 0 Å². The minimum atomic E-state index is -1.88. The fourth-order valence-electron chi connectivity index (χ4n) is 2.92. The van der Waals surface area contributed by atoms with E-state index in [1.807, 2.05) is 6.07 Å². The van der Waals surface area contributed by atoms with Gasteiger partial charge in [-0.2, -0.15) is 0 Å². The van der Waals surface area contributed by atoms with Crippen molar-refractivity contribution >= 4 is 0 Å². The molecule has 0 aliphatic carbocycles. The molecule has 0 radical (unpaired) electrons. The van der Waals surface area contributed by atoms with Crippen LogP contribution in [0, 0.1) is 0 Å². The highest BCUT2D eigenvalue weighted by atomic mass is 16.6. The third kappa shape index (κ3) is 3.00. The lowest BCUT2D eigenvalue weighted by atomic mass is 9.94. The van der Waals surface area contributed by atoms with Crippen LogP contribution in [0.4, 0.5) is 0 Å². The zero-order valence-corrected chi connectivity index (χ0v) is 15.8. The van der Waals surface area contributed by atoms with E-state index < -0.39 is 5.79 Å². The number of aliphatic hydroxyl groups is 1. The molecule has 2 aromatic carbocycles. The van der Waals surface area contributed by atoms with Gasteiger partial charge < -0.3 is 33.5 Å². The number of rotatable bonds is 8. The van der Waals surface area contributed by atoms with Gasteiger partial charge >= 0.3 is 0 Å². The first kappa shape index (κ1) is 19.7. The van der Waals surface area contributed by atoms with Crippen molar-refractivity contribution in [2.45, 2.75) is 5.79 Å². The van der Waals surface area contributed by atoms with Crippen molar-refractivity contribution in [3.8, 4) is 28.7 Å². The van der Waals surface area contributed by atoms with E-state index in [0.717, 1.165) is 0 Å². The van der Waals surface area contributed by atoms with Gasteiger partial charge in [0, 0.05) is 12.7 Å². The maximum atomic E-state index is 11.5. The van der Waals surface area contributed by atoms with Gasteiger partial charge in [-0.3, -0.25) is 0 Å². The van der Waals surface area contributed by atoms with Gasteiger partial charge in [0.25, 0.3) is 0 Å². The molecule has 142 valence electrons. The Bertz CT molecular complexity index is 712. The second-order valence-electron chi connectivity index (χ2n) is 5.26. The van der Waals surface area contributed by atoms with Gasteiger partial charge in [0.1, 0.15) is 5.56 Å². The van der Waals surface area contributed by atoms with Crippen LogP contribution in [0.2, 0.25) is 0 Å². The summed E-state index contributed by atoms with van der Waals surface area (Å²) >= 11 is 0. The number of methoxy groups -OCH3 is 6. The molecule has 0 aromatic heterocycles. The van der Waals surface area contributed by atoms with Crippen LogP contribution < -0.4 is 23.7 Å². The summed E-state index contributed by atoms with van der Waals surface area (Å²) in [6, 6.07) is 8.87. The van der Waals surface area contributed by atoms with Gasteiger partial charge in [0.15, 0.2) is 11.5 Å². The number of benzene rings is 2. The smallest absolute Gasteiger partial charge is 0.227 e. The largest absolute Gasteiger partial charge is 0.492 e. The summed E-state index contributed by atoms with van der Waals surface area (Å²) in [5.41, 5.74) is 0.680. The molecule has 7 heteroatoms. The Labute approximate surface area is 153 Å². The van der Waals surface area contributed by atoms with Crippen LogP contribution in [0.25, 0.3) is 0 Å². The highest BCUT2D eigenvalue weighted by molar-refractivity contribution is 5.72. The van der Waals surface area contributed by atoms with Crippen LogP contribution in [0.5, 0.6) is 28.7 Å². The van der Waals surface area contributed by atoms with E-state index in [4.69, 9.17) is 28.4 Å². The first-order chi connectivity index (χ1) is 12.5. The number of hydrogen-bond acceptors (Lipinski definition) is 7. The normalized spacial score (nSPS) is 12.9. The average molecular weight is 364 g/mol. The van der Waals surface area contributed by atoms with Crippen molar-refractivity contribution < 1.29 is 33.5 Å². The van der Waals surface area contributed by atoms with E-state index >= 15 is 0 Å². The van der Waals surface area contributed by atoms with Crippen LogP contribution in [0.3, 0.4) is 0 Å². The zero-order valence-electron chi connectivity index (χ0n) is 15.8. The summed E-state index contributed by atoms with van der Waals surface area (Å²) in [5, 5.41) is 11.5. The lowest BCUT2D eigenvalue weighted by molar-refractivity contribution is -0.161. The van der Waals surface area contributed by atoms with E-state index in [0.29, 0.717) is 5.56 Å². The van der Waals surface area contributed by atoms with E-state index in [2.05, 4.69) is 0 Å². The molecule has 0 bridgehead atoms. The average Bonchev–Trinajstić information content (AvgIpc) is 2.71. The molecule has 1 unspecified atom stereocenters. The quantitative estimate of drug-likeness (QED) is 0.722. The third-order valence-corrected chi connectivity index (χ3v) is 4.10. The summed E-state index contributed by atoms with van der Waals surface area (Å²) in [7, 11) is 8.68. The predicted octanol–water partition coefficient (Wildman–Crippen LogP) is 2.57. The Balaban J connectivity index is 2.98. The fraction of sp³-hybridized carbons (Fsp3) is 0.368. The molecule has 1 atom stereocenters. The van der Waals surface area contributed by atoms with Crippen LogP contribution >= 0.6 is 0 Å². The minimum absolute atomic E-state index is 0.200. The molecular formula is C19H24O7. The van der Waals surface area contributed by atoms with E-state index in [9.17, 15) is 5.11 Å². The van der Waals surface area contributed by atoms with Gasteiger partial charge in [-0.15, -0.1) is 0 Å². The topological polar surface area (TPSA) is 75.6 Å². The second-order valence-corrected chi connectivity index (χ2v) is 5.26. The predicted molar refractivity (Wildman–Crippen MR) is 95.7 cm³/mol. The SMILES string of the molecule is COc1c(OC)c(OC)c(C(O)(OC)c2ccccc2)c(OC)c1OC. The second kappa shape index (κ2) is 8.16. The molecule has 2 aromatic rings. The van der Waals surface area contributed by atoms with Crippen LogP contribution in [-0.2, 0) is 10.5 Å². The summed E-state index contributed by atoms with van der Waals surface area (Å²) < 4.78 is 32.9. The highest BCUT2D eigenvalue weighted by Crippen LogP contribution is 2.57. The Morgan fingerprint density at radius 2 is 1.00 bits per heavy atom. The molecule has 0 amide bonds. The Hall–Kier alpha value is -2.64. The van der Waals surface area contributed by atoms with Gasteiger partial charge in [0.2, 0.25) is 23.0 Å². The monoisotopic (exact) mass is 364 g/mol. The molecule has 1 N–H and O–H groups in total. The Morgan fingerprint density at radius 3 is 1.35 bits per heavy atom. The van der Waals surface area contributed by atoms with Crippen LogP contribution in [0.15, 0.2) is 30.3 Å². The first-order valence-electron chi connectivity index (χ1n) is 7.81. The minimum Gasteiger partial charge on any atom is -0.492 e. The molecule has 0 aliphatic rings. The van der Waals surface area contributed by atoms with Gasteiger partial charge in [-0.1, -0.05) is 30.3 Å². The molecular weight excluding hydrogens is 340 g/mol. The molecule has 0 saturated heterocycles. The highest BCUT2D eigenvalue weighted by Gasteiger charge is 2.43. The lowest BCUT2D eigenvalue weighted by Crippen LogP contribution is -2.31. The summed E-state index contributed by atoms with van der Waals surface area (Å²) in [5.74, 6) is -0.711. The van der Waals surface area contributed by atoms with Crippen molar-refractivity contribution in [1.29, 1.82) is 0 Å². The lowest BCUT2D eigenvalue weighted by Gasteiger charge is -2.32. The fourth-order valence-corrected chi connectivity index (χ4v) is 2.92. The molecule has 0 heterocycles. The molecule has 0 spiro atoms. The summed E-state index contributed by atoms with van der Waals surface area (Å²) in [6.45, 7) is 0. The van der Waals surface area contributed by atoms with Crippen molar-refractivity contribution in [1.82, 2.24) is 0 Å². The van der Waals surface area contributed by atoms with Crippen molar-refractivity contribution in [3.05, 3.63) is 41.5 Å². The maximum Gasteiger partial charge on any atom is 0.227 e. The third-order valence-electron chi connectivity index (χ3n) is 4.10. The molecule has 0 fully saturated rings. The van der Waals surface area contributed by atoms with Crippen molar-refractivity contribution in [3.63, 3.8) is 0 Å². The van der Waals surface area contributed by atoms with E-state index in [1.54, 1.807) is 24.3 Å². The standard InChI is InChI=1S/C19H24O7/c1-21-14-13(19(20,26-6)12-10-8-7-9-11-12)15(22-2)17(24-4)18(25-5)16(14)23-3/h7-11,20H,1-6H3. The van der Waals surface area contributed by atoms with Gasteiger partial charge in [-0.05, 0) is 0 Å². The number of ether oxygens (including phenoxy) is 6. The summed E-state index contributed by atoms with van der Waals surface area (Å²) in [4.78, 5) is 0. The van der Waals surface area contributed by atoms with E-state index in [-0.39, 0.29) is 34.3 Å². The zero-order chi connectivity index (χ0) is 19.3. The molecule has 7 nitrogen and oxygen atoms in total. The van der Waals surface area contributed by atoms with Crippen molar-refractivity contribution in [2.75, 3.05) is 42.7 Å². The van der Waals surface area contributed by atoms with Crippen LogP contribution in [0.1, 0.15) is 11.1 Å². The molecule has 2 rings (SSSR count). The first-order valence-corrected chi connectivity index (χ1v) is 7.81. The van der Waals surface area contributed by atoms with Crippen LogP contribution in [-0.4, -0.2) is 47.8 Å². The molecule has 26 heavy (non-hydrogen) atoms. The summed E-state index contributed by atoms with van der Waals surface area (Å²) in [6.07, 6.45) is 0. The Kier molecular flexibility index (Phi) is 6.18. The molecule has 0 aliphatic heterocycles. The Morgan fingerprint density at radius 1 is 0.615 bits per heavy atom. The van der Waals surface area contributed by atoms with Crippen molar-refractivity contribution in [2.24, 2.45) is 0 Å². The van der Waals surface area contributed by atoms with Gasteiger partial charge in [0.05, 0.1) is 35.5 Å².